The second-order valence-electron chi connectivity index (χ2n) is 3.79. The van der Waals surface area contributed by atoms with Gasteiger partial charge in [-0.1, -0.05) is 28.1 Å². The SMILES string of the molecule is CCNc1ncnc(OCc2cccc(Br)c2)c1Br. The van der Waals surface area contributed by atoms with E-state index in [1.54, 1.807) is 0 Å². The summed E-state index contributed by atoms with van der Waals surface area (Å²) < 4.78 is 7.48. The van der Waals surface area contributed by atoms with E-state index in [-0.39, 0.29) is 0 Å². The lowest BCUT2D eigenvalue weighted by Crippen LogP contribution is -2.04. The Kier molecular flexibility index (Phi) is 5.15. The van der Waals surface area contributed by atoms with Gasteiger partial charge in [-0.3, -0.25) is 0 Å². The van der Waals surface area contributed by atoms with Gasteiger partial charge in [0.1, 0.15) is 23.2 Å². The maximum Gasteiger partial charge on any atom is 0.233 e. The molecule has 1 heterocycles. The number of aromatic nitrogens is 2. The zero-order valence-corrected chi connectivity index (χ0v) is 13.5. The van der Waals surface area contributed by atoms with E-state index in [1.165, 1.54) is 6.33 Å². The highest BCUT2D eigenvalue weighted by Crippen LogP contribution is 2.28. The molecule has 0 aliphatic rings. The molecule has 1 N–H and O–H groups in total. The molecule has 0 saturated carbocycles. The molecule has 0 saturated heterocycles. The van der Waals surface area contributed by atoms with Crippen LogP contribution in [0.5, 0.6) is 5.88 Å². The van der Waals surface area contributed by atoms with Crippen LogP contribution < -0.4 is 10.1 Å². The van der Waals surface area contributed by atoms with Gasteiger partial charge in [0.2, 0.25) is 5.88 Å². The van der Waals surface area contributed by atoms with E-state index in [0.717, 1.165) is 26.9 Å². The van der Waals surface area contributed by atoms with Crippen LogP contribution in [0.25, 0.3) is 0 Å². The fraction of sp³-hybridized carbons (Fsp3) is 0.231. The highest BCUT2D eigenvalue weighted by Gasteiger charge is 2.09. The van der Waals surface area contributed by atoms with Crippen LogP contribution >= 0.6 is 31.9 Å². The molecule has 0 fully saturated rings. The molecule has 0 radical (unpaired) electrons. The number of benzene rings is 1. The first kappa shape index (κ1) is 14.3. The monoisotopic (exact) mass is 385 g/mol. The first-order chi connectivity index (χ1) is 9.20. The summed E-state index contributed by atoms with van der Waals surface area (Å²) in [6.45, 7) is 3.26. The van der Waals surface area contributed by atoms with E-state index in [0.29, 0.717) is 12.5 Å². The van der Waals surface area contributed by atoms with Crippen molar-refractivity contribution in [3.8, 4) is 5.88 Å². The Morgan fingerprint density at radius 2 is 2.11 bits per heavy atom. The number of rotatable bonds is 5. The summed E-state index contributed by atoms with van der Waals surface area (Å²) in [5.74, 6) is 1.27. The summed E-state index contributed by atoms with van der Waals surface area (Å²) in [6, 6.07) is 7.97. The van der Waals surface area contributed by atoms with Crippen molar-refractivity contribution in [3.63, 3.8) is 0 Å². The Labute approximate surface area is 128 Å². The van der Waals surface area contributed by atoms with Gasteiger partial charge in [0.25, 0.3) is 0 Å². The standard InChI is InChI=1S/C13H13Br2N3O/c1-2-16-12-11(15)13(18-8-17-12)19-7-9-4-3-5-10(14)6-9/h3-6,8H,2,7H2,1H3,(H,16,17,18). The van der Waals surface area contributed by atoms with Gasteiger partial charge in [0.15, 0.2) is 0 Å². The number of hydrogen-bond donors (Lipinski definition) is 1. The predicted molar refractivity (Wildman–Crippen MR) is 82.4 cm³/mol. The first-order valence-electron chi connectivity index (χ1n) is 5.82. The van der Waals surface area contributed by atoms with E-state index in [4.69, 9.17) is 4.74 Å². The van der Waals surface area contributed by atoms with Crippen molar-refractivity contribution in [2.45, 2.75) is 13.5 Å². The summed E-state index contributed by atoms with van der Waals surface area (Å²) in [5, 5.41) is 3.14. The molecule has 0 atom stereocenters. The summed E-state index contributed by atoms with van der Waals surface area (Å²) in [5.41, 5.74) is 1.07. The lowest BCUT2D eigenvalue weighted by Gasteiger charge is -2.10. The zero-order valence-electron chi connectivity index (χ0n) is 10.4. The topological polar surface area (TPSA) is 47.0 Å². The first-order valence-corrected chi connectivity index (χ1v) is 7.41. The Bertz CT molecular complexity index is 563. The molecule has 0 aliphatic carbocycles. The van der Waals surface area contributed by atoms with Crippen LogP contribution in [0.15, 0.2) is 39.5 Å². The highest BCUT2D eigenvalue weighted by atomic mass is 79.9. The lowest BCUT2D eigenvalue weighted by molar-refractivity contribution is 0.291. The molecule has 1 aromatic heterocycles. The van der Waals surface area contributed by atoms with Gasteiger partial charge < -0.3 is 10.1 Å². The summed E-state index contributed by atoms with van der Waals surface area (Å²) in [7, 11) is 0. The van der Waals surface area contributed by atoms with Gasteiger partial charge in [-0.05, 0) is 40.5 Å². The molecular formula is C13H13Br2N3O. The van der Waals surface area contributed by atoms with Crippen LogP contribution in [-0.4, -0.2) is 16.5 Å². The fourth-order valence-electron chi connectivity index (χ4n) is 1.52. The van der Waals surface area contributed by atoms with Crippen LogP contribution in [0.2, 0.25) is 0 Å². The second kappa shape index (κ2) is 6.86. The Morgan fingerprint density at radius 3 is 2.84 bits per heavy atom. The van der Waals surface area contributed by atoms with Gasteiger partial charge >= 0.3 is 0 Å². The molecule has 1 aromatic carbocycles. The minimum atomic E-state index is 0.459. The van der Waals surface area contributed by atoms with Crippen molar-refractivity contribution < 1.29 is 4.74 Å². The van der Waals surface area contributed by atoms with Crippen molar-refractivity contribution >= 4 is 37.7 Å². The van der Waals surface area contributed by atoms with Gasteiger partial charge in [-0.2, -0.15) is 0 Å². The number of nitrogens with zero attached hydrogens (tertiary/aromatic N) is 2. The molecule has 0 unspecified atom stereocenters. The summed E-state index contributed by atoms with van der Waals surface area (Å²) >= 11 is 6.88. The third-order valence-corrected chi connectivity index (χ3v) is 3.57. The number of ether oxygens (including phenoxy) is 1. The number of halogens is 2. The van der Waals surface area contributed by atoms with E-state index in [2.05, 4.69) is 47.1 Å². The molecule has 2 rings (SSSR count). The molecule has 0 amide bonds. The average molecular weight is 387 g/mol. The highest BCUT2D eigenvalue weighted by molar-refractivity contribution is 9.11. The third kappa shape index (κ3) is 3.91. The molecule has 19 heavy (non-hydrogen) atoms. The van der Waals surface area contributed by atoms with Crippen LogP contribution in [0.3, 0.4) is 0 Å². The number of hydrogen-bond acceptors (Lipinski definition) is 4. The lowest BCUT2D eigenvalue weighted by atomic mass is 10.2. The Hall–Kier alpha value is -1.14. The quantitative estimate of drug-likeness (QED) is 0.843. The van der Waals surface area contributed by atoms with Crippen molar-refractivity contribution in [1.82, 2.24) is 9.97 Å². The van der Waals surface area contributed by atoms with Gasteiger partial charge in [0.05, 0.1) is 0 Å². The maximum atomic E-state index is 5.71. The average Bonchev–Trinajstić information content (AvgIpc) is 2.40. The molecule has 2 aromatic rings. The number of nitrogens with one attached hydrogen (secondary N) is 1. The van der Waals surface area contributed by atoms with Crippen molar-refractivity contribution in [2.75, 3.05) is 11.9 Å². The molecule has 0 spiro atoms. The van der Waals surface area contributed by atoms with Crippen molar-refractivity contribution in [1.29, 1.82) is 0 Å². The van der Waals surface area contributed by atoms with Gasteiger partial charge in [0, 0.05) is 11.0 Å². The van der Waals surface area contributed by atoms with Crippen molar-refractivity contribution in [3.05, 3.63) is 45.1 Å². The minimum Gasteiger partial charge on any atom is -0.472 e. The largest absolute Gasteiger partial charge is 0.472 e. The van der Waals surface area contributed by atoms with Crippen LogP contribution in [-0.2, 0) is 6.61 Å². The van der Waals surface area contributed by atoms with Crippen LogP contribution in [0.4, 0.5) is 5.82 Å². The van der Waals surface area contributed by atoms with Crippen LogP contribution in [0, 0.1) is 0 Å². The predicted octanol–water partition coefficient (Wildman–Crippen LogP) is 4.01. The smallest absolute Gasteiger partial charge is 0.233 e. The van der Waals surface area contributed by atoms with Crippen LogP contribution in [0.1, 0.15) is 12.5 Å². The number of anilines is 1. The molecule has 100 valence electrons. The Morgan fingerprint density at radius 1 is 1.26 bits per heavy atom. The van der Waals surface area contributed by atoms with E-state index < -0.39 is 0 Å². The van der Waals surface area contributed by atoms with Gasteiger partial charge in [-0.25, -0.2) is 9.97 Å². The van der Waals surface area contributed by atoms with Gasteiger partial charge in [-0.15, -0.1) is 0 Å². The Balaban J connectivity index is 2.09. The van der Waals surface area contributed by atoms with E-state index in [1.807, 2.05) is 31.2 Å². The second-order valence-corrected chi connectivity index (χ2v) is 5.50. The molecule has 4 nitrogen and oxygen atoms in total. The zero-order chi connectivity index (χ0) is 13.7. The van der Waals surface area contributed by atoms with E-state index >= 15 is 0 Å². The molecule has 0 bridgehead atoms. The fourth-order valence-corrected chi connectivity index (χ4v) is 2.43. The summed E-state index contributed by atoms with van der Waals surface area (Å²) in [6.07, 6.45) is 1.49. The summed E-state index contributed by atoms with van der Waals surface area (Å²) in [4.78, 5) is 8.27. The molecular weight excluding hydrogens is 374 g/mol. The van der Waals surface area contributed by atoms with Crippen molar-refractivity contribution in [2.24, 2.45) is 0 Å². The maximum absolute atomic E-state index is 5.71. The normalized spacial score (nSPS) is 10.3. The molecule has 6 heteroatoms. The third-order valence-electron chi connectivity index (χ3n) is 2.37. The van der Waals surface area contributed by atoms with E-state index in [9.17, 15) is 0 Å². The minimum absolute atomic E-state index is 0.459. The molecule has 0 aliphatic heterocycles.